The van der Waals surface area contributed by atoms with Crippen molar-refractivity contribution in [2.75, 3.05) is 18.4 Å². The Balaban J connectivity index is 1.17. The van der Waals surface area contributed by atoms with Crippen molar-refractivity contribution in [3.05, 3.63) is 71.7 Å². The standard InChI is InChI=1S/C26H27FN4O2S/c1-16(32)31-11-9-21(10-12-31)29-23-14-22(23)18-3-2-4-19(13-18)25(33)30-24-15-28-26(34-24)17-5-7-20(27)8-6-17/h2-8,13,15,21-23,29H,9-12,14H2,1H3,(H,30,33). The zero-order valence-corrected chi connectivity index (χ0v) is 19.8. The summed E-state index contributed by atoms with van der Waals surface area (Å²) in [6.45, 7) is 3.27. The maximum Gasteiger partial charge on any atom is 0.256 e. The minimum Gasteiger partial charge on any atom is -0.343 e. The molecule has 2 aliphatic rings. The molecule has 2 unspecified atom stereocenters. The third-order valence-corrected chi connectivity index (χ3v) is 7.55. The summed E-state index contributed by atoms with van der Waals surface area (Å²) in [5, 5.41) is 8.05. The lowest BCUT2D eigenvalue weighted by molar-refractivity contribution is -0.129. The van der Waals surface area contributed by atoms with Crippen LogP contribution in [0.5, 0.6) is 0 Å². The monoisotopic (exact) mass is 478 g/mol. The molecule has 176 valence electrons. The van der Waals surface area contributed by atoms with Gasteiger partial charge in [-0.15, -0.1) is 0 Å². The number of anilines is 1. The number of likely N-dealkylation sites (tertiary alicyclic amines) is 1. The Labute approximate surface area is 202 Å². The maximum atomic E-state index is 13.2. The Morgan fingerprint density at radius 3 is 2.62 bits per heavy atom. The van der Waals surface area contributed by atoms with Gasteiger partial charge in [0.2, 0.25) is 5.91 Å². The lowest BCUT2D eigenvalue weighted by Gasteiger charge is -2.32. The first-order valence-corrected chi connectivity index (χ1v) is 12.4. The molecule has 1 aromatic heterocycles. The lowest BCUT2D eigenvalue weighted by atomic mass is 10.0. The van der Waals surface area contributed by atoms with Gasteiger partial charge in [0.25, 0.3) is 5.91 Å². The molecule has 8 heteroatoms. The molecule has 1 aliphatic heterocycles. The predicted molar refractivity (Wildman–Crippen MR) is 131 cm³/mol. The van der Waals surface area contributed by atoms with Crippen LogP contribution in [0.15, 0.2) is 54.7 Å². The van der Waals surface area contributed by atoms with Crippen LogP contribution in [0, 0.1) is 5.82 Å². The average molecular weight is 479 g/mol. The molecule has 2 aromatic carbocycles. The van der Waals surface area contributed by atoms with E-state index >= 15 is 0 Å². The highest BCUT2D eigenvalue weighted by Crippen LogP contribution is 2.42. The highest BCUT2D eigenvalue weighted by atomic mass is 32.1. The molecule has 1 saturated heterocycles. The molecule has 6 nitrogen and oxygen atoms in total. The number of carbonyl (C=O) groups excluding carboxylic acids is 2. The number of hydrogen-bond donors (Lipinski definition) is 2. The van der Waals surface area contributed by atoms with E-state index in [2.05, 4.69) is 21.7 Å². The van der Waals surface area contributed by atoms with Crippen LogP contribution >= 0.6 is 11.3 Å². The molecule has 3 aromatic rings. The first-order chi connectivity index (χ1) is 16.5. The second-order valence-electron chi connectivity index (χ2n) is 9.01. The smallest absolute Gasteiger partial charge is 0.256 e. The molecule has 2 atom stereocenters. The molecule has 5 rings (SSSR count). The highest BCUT2D eigenvalue weighted by molar-refractivity contribution is 7.19. The topological polar surface area (TPSA) is 74.3 Å². The van der Waals surface area contributed by atoms with Crippen molar-refractivity contribution < 1.29 is 14.0 Å². The molecule has 0 spiro atoms. The minimum absolute atomic E-state index is 0.155. The minimum atomic E-state index is -0.291. The Bertz CT molecular complexity index is 1190. The molecular weight excluding hydrogens is 451 g/mol. The van der Waals surface area contributed by atoms with Crippen LogP contribution in [-0.4, -0.2) is 46.9 Å². The Kier molecular flexibility index (Phi) is 6.43. The molecule has 2 fully saturated rings. The third kappa shape index (κ3) is 5.18. The van der Waals surface area contributed by atoms with Gasteiger partial charge in [-0.3, -0.25) is 9.59 Å². The largest absolute Gasteiger partial charge is 0.343 e. The summed E-state index contributed by atoms with van der Waals surface area (Å²) >= 11 is 1.36. The summed E-state index contributed by atoms with van der Waals surface area (Å²) in [6.07, 6.45) is 4.66. The van der Waals surface area contributed by atoms with Gasteiger partial charge in [-0.05, 0) is 61.2 Å². The number of rotatable bonds is 6. The van der Waals surface area contributed by atoms with Crippen LogP contribution in [0.3, 0.4) is 0 Å². The second-order valence-corrected chi connectivity index (χ2v) is 10.0. The van der Waals surface area contributed by atoms with Crippen LogP contribution in [-0.2, 0) is 4.79 Å². The first kappa shape index (κ1) is 22.7. The SMILES string of the molecule is CC(=O)N1CCC(NC2CC2c2cccc(C(=O)Nc3cnc(-c4ccc(F)cc4)s3)c2)CC1. The quantitative estimate of drug-likeness (QED) is 0.541. The molecule has 2 N–H and O–H groups in total. The van der Waals surface area contributed by atoms with Crippen molar-refractivity contribution in [2.24, 2.45) is 0 Å². The number of hydrogen-bond acceptors (Lipinski definition) is 5. The number of piperidine rings is 1. The van der Waals surface area contributed by atoms with Gasteiger partial charge >= 0.3 is 0 Å². The average Bonchev–Trinajstić information content (AvgIpc) is 3.46. The molecule has 34 heavy (non-hydrogen) atoms. The summed E-state index contributed by atoms with van der Waals surface area (Å²) in [7, 11) is 0. The molecule has 0 radical (unpaired) electrons. The van der Waals surface area contributed by atoms with E-state index in [-0.39, 0.29) is 17.6 Å². The Morgan fingerprint density at radius 1 is 1.12 bits per heavy atom. The highest BCUT2D eigenvalue weighted by Gasteiger charge is 2.40. The molecule has 2 amide bonds. The van der Waals surface area contributed by atoms with Gasteiger partial charge in [-0.25, -0.2) is 9.37 Å². The predicted octanol–water partition coefficient (Wildman–Crippen LogP) is 4.66. The van der Waals surface area contributed by atoms with Gasteiger partial charge in [0.05, 0.1) is 6.20 Å². The van der Waals surface area contributed by atoms with E-state index in [9.17, 15) is 14.0 Å². The molecule has 0 bridgehead atoms. The molecule has 1 aliphatic carbocycles. The van der Waals surface area contributed by atoms with Crippen molar-refractivity contribution in [2.45, 2.75) is 44.2 Å². The lowest BCUT2D eigenvalue weighted by Crippen LogP contribution is -2.45. The summed E-state index contributed by atoms with van der Waals surface area (Å²) in [4.78, 5) is 30.6. The summed E-state index contributed by atoms with van der Waals surface area (Å²) in [5.74, 6) is 0.105. The van der Waals surface area contributed by atoms with Crippen molar-refractivity contribution in [1.29, 1.82) is 0 Å². The summed E-state index contributed by atoms with van der Waals surface area (Å²) < 4.78 is 13.2. The fourth-order valence-electron chi connectivity index (χ4n) is 4.56. The van der Waals surface area contributed by atoms with E-state index in [1.165, 1.54) is 29.0 Å². The number of benzene rings is 2. The molecule has 2 heterocycles. The van der Waals surface area contributed by atoms with Crippen LogP contribution in [0.25, 0.3) is 10.6 Å². The Morgan fingerprint density at radius 2 is 1.88 bits per heavy atom. The normalized spacial score (nSPS) is 20.2. The number of nitrogens with one attached hydrogen (secondary N) is 2. The summed E-state index contributed by atoms with van der Waals surface area (Å²) in [5.41, 5.74) is 2.60. The first-order valence-electron chi connectivity index (χ1n) is 11.6. The van der Waals surface area contributed by atoms with E-state index in [1.807, 2.05) is 23.1 Å². The van der Waals surface area contributed by atoms with Gasteiger partial charge in [0.15, 0.2) is 0 Å². The maximum absolute atomic E-state index is 13.2. The van der Waals surface area contributed by atoms with Gasteiger partial charge in [-0.2, -0.15) is 0 Å². The van der Waals surface area contributed by atoms with Crippen molar-refractivity contribution >= 4 is 28.2 Å². The number of thiazole rings is 1. The summed E-state index contributed by atoms with van der Waals surface area (Å²) in [6, 6.07) is 14.8. The van der Waals surface area contributed by atoms with Crippen LogP contribution in [0.1, 0.15) is 48.0 Å². The van der Waals surface area contributed by atoms with Crippen LogP contribution in [0.4, 0.5) is 9.39 Å². The Hall–Kier alpha value is -3.10. The van der Waals surface area contributed by atoms with Crippen molar-refractivity contribution in [1.82, 2.24) is 15.2 Å². The number of halogens is 1. The van der Waals surface area contributed by atoms with E-state index in [4.69, 9.17) is 0 Å². The number of aromatic nitrogens is 1. The fourth-order valence-corrected chi connectivity index (χ4v) is 5.38. The number of nitrogens with zero attached hydrogens (tertiary/aromatic N) is 2. The number of amides is 2. The van der Waals surface area contributed by atoms with Gasteiger partial charge in [0.1, 0.15) is 15.8 Å². The second kappa shape index (κ2) is 9.64. The zero-order valence-electron chi connectivity index (χ0n) is 19.0. The fraction of sp³-hybridized carbons (Fsp3) is 0.346. The van der Waals surface area contributed by atoms with E-state index in [0.717, 1.165) is 42.9 Å². The van der Waals surface area contributed by atoms with E-state index in [0.29, 0.717) is 28.6 Å². The van der Waals surface area contributed by atoms with Crippen molar-refractivity contribution in [3.63, 3.8) is 0 Å². The third-order valence-electron chi connectivity index (χ3n) is 6.59. The van der Waals surface area contributed by atoms with Crippen LogP contribution < -0.4 is 10.6 Å². The zero-order chi connectivity index (χ0) is 23.7. The van der Waals surface area contributed by atoms with E-state index < -0.39 is 0 Å². The molecular formula is C26H27FN4O2S. The van der Waals surface area contributed by atoms with Crippen molar-refractivity contribution in [3.8, 4) is 10.6 Å². The van der Waals surface area contributed by atoms with E-state index in [1.54, 1.807) is 25.3 Å². The van der Waals surface area contributed by atoms with Gasteiger partial charge in [-0.1, -0.05) is 23.5 Å². The molecule has 1 saturated carbocycles. The number of carbonyl (C=O) groups is 2. The van der Waals surface area contributed by atoms with Crippen LogP contribution in [0.2, 0.25) is 0 Å². The van der Waals surface area contributed by atoms with Gasteiger partial charge < -0.3 is 15.5 Å². The van der Waals surface area contributed by atoms with Gasteiger partial charge in [0, 0.05) is 49.1 Å².